The lowest BCUT2D eigenvalue weighted by molar-refractivity contribution is 0.102. The molecule has 21 heavy (non-hydrogen) atoms. The van der Waals surface area contributed by atoms with Gasteiger partial charge in [0.2, 0.25) is 0 Å². The molecule has 1 amide bonds. The van der Waals surface area contributed by atoms with E-state index in [1.165, 1.54) is 11.1 Å². The average Bonchev–Trinajstić information content (AvgIpc) is 2.50. The van der Waals surface area contributed by atoms with E-state index >= 15 is 0 Å². The number of hydrogen-bond donors (Lipinski definition) is 2. The molecule has 108 valence electrons. The quantitative estimate of drug-likeness (QED) is 0.887. The Kier molecular flexibility index (Phi) is 3.76. The van der Waals surface area contributed by atoms with Crippen LogP contribution in [0.3, 0.4) is 0 Å². The second-order valence-corrected chi connectivity index (χ2v) is 5.64. The normalized spacial score (nSPS) is 13.6. The summed E-state index contributed by atoms with van der Waals surface area (Å²) in [6.45, 7) is 5.82. The number of carbonyl (C=O) groups is 1. The first-order chi connectivity index (χ1) is 10.1. The molecule has 0 fully saturated rings. The van der Waals surface area contributed by atoms with Crippen LogP contribution in [0.4, 0.5) is 5.69 Å². The Bertz CT molecular complexity index is 692. The number of benzene rings is 2. The zero-order chi connectivity index (χ0) is 14.8. The molecule has 0 radical (unpaired) electrons. The van der Waals surface area contributed by atoms with Gasteiger partial charge in [0.1, 0.15) is 0 Å². The summed E-state index contributed by atoms with van der Waals surface area (Å²) in [7, 11) is 0. The highest BCUT2D eigenvalue weighted by Gasteiger charge is 2.15. The molecule has 1 aliphatic heterocycles. The van der Waals surface area contributed by atoms with E-state index < -0.39 is 0 Å². The van der Waals surface area contributed by atoms with Gasteiger partial charge in [0.15, 0.2) is 0 Å². The van der Waals surface area contributed by atoms with E-state index in [4.69, 9.17) is 0 Å². The lowest BCUT2D eigenvalue weighted by Gasteiger charge is -2.20. The molecule has 3 rings (SSSR count). The van der Waals surface area contributed by atoms with Crippen LogP contribution in [0.15, 0.2) is 36.4 Å². The third-order valence-electron chi connectivity index (χ3n) is 4.03. The van der Waals surface area contributed by atoms with Gasteiger partial charge in [-0.1, -0.05) is 29.8 Å². The first-order valence-corrected chi connectivity index (χ1v) is 7.35. The molecule has 0 aromatic heterocycles. The van der Waals surface area contributed by atoms with E-state index in [1.807, 2.05) is 44.2 Å². The highest BCUT2D eigenvalue weighted by Crippen LogP contribution is 2.24. The summed E-state index contributed by atoms with van der Waals surface area (Å²) < 4.78 is 0. The van der Waals surface area contributed by atoms with Crippen molar-refractivity contribution in [2.24, 2.45) is 0 Å². The smallest absolute Gasteiger partial charge is 0.255 e. The van der Waals surface area contributed by atoms with Crippen molar-refractivity contribution in [3.05, 3.63) is 64.2 Å². The van der Waals surface area contributed by atoms with Crippen LogP contribution in [-0.2, 0) is 13.0 Å². The van der Waals surface area contributed by atoms with Crippen molar-refractivity contribution in [3.8, 4) is 0 Å². The summed E-state index contributed by atoms with van der Waals surface area (Å²) in [6.07, 6.45) is 0.957. The molecule has 1 heterocycles. The molecule has 0 atom stereocenters. The van der Waals surface area contributed by atoms with Crippen molar-refractivity contribution < 1.29 is 4.79 Å². The molecule has 0 bridgehead atoms. The summed E-state index contributed by atoms with van der Waals surface area (Å²) in [5, 5.41) is 6.44. The maximum absolute atomic E-state index is 12.5. The molecule has 2 N–H and O–H groups in total. The highest BCUT2D eigenvalue weighted by molar-refractivity contribution is 6.05. The molecular formula is C18H20N2O. The number of rotatable bonds is 2. The second-order valence-electron chi connectivity index (χ2n) is 5.64. The Morgan fingerprint density at radius 1 is 1.19 bits per heavy atom. The summed E-state index contributed by atoms with van der Waals surface area (Å²) in [5.41, 5.74) is 6.34. The van der Waals surface area contributed by atoms with Gasteiger partial charge in [-0.2, -0.15) is 0 Å². The first kappa shape index (κ1) is 13.8. The fraction of sp³-hybridized carbons (Fsp3) is 0.278. The van der Waals surface area contributed by atoms with Gasteiger partial charge in [-0.15, -0.1) is 0 Å². The molecule has 2 aromatic carbocycles. The van der Waals surface area contributed by atoms with E-state index in [0.29, 0.717) is 0 Å². The van der Waals surface area contributed by atoms with Gasteiger partial charge in [0, 0.05) is 17.8 Å². The summed E-state index contributed by atoms with van der Waals surface area (Å²) >= 11 is 0. The summed E-state index contributed by atoms with van der Waals surface area (Å²) in [5.74, 6) is -0.0249. The van der Waals surface area contributed by atoms with Crippen molar-refractivity contribution in [1.82, 2.24) is 5.32 Å². The van der Waals surface area contributed by atoms with Crippen LogP contribution in [-0.4, -0.2) is 12.5 Å². The van der Waals surface area contributed by atoms with E-state index in [9.17, 15) is 4.79 Å². The average molecular weight is 280 g/mol. The number of hydrogen-bond acceptors (Lipinski definition) is 2. The zero-order valence-electron chi connectivity index (χ0n) is 12.5. The Labute approximate surface area is 125 Å². The lowest BCUT2D eigenvalue weighted by atomic mass is 9.98. The number of amides is 1. The van der Waals surface area contributed by atoms with Gasteiger partial charge in [-0.05, 0) is 55.6 Å². The minimum absolute atomic E-state index is 0.0249. The fourth-order valence-electron chi connectivity index (χ4n) is 2.82. The third kappa shape index (κ3) is 2.83. The van der Waals surface area contributed by atoms with Crippen molar-refractivity contribution in [3.63, 3.8) is 0 Å². The second kappa shape index (κ2) is 5.70. The molecule has 3 heteroatoms. The Morgan fingerprint density at radius 3 is 2.90 bits per heavy atom. The zero-order valence-corrected chi connectivity index (χ0v) is 12.5. The first-order valence-electron chi connectivity index (χ1n) is 7.35. The standard InChI is InChI=1S/C18H20N2O/c1-12-6-7-13(2)16(10-12)18(21)20-17-5-3-4-14-11-19-9-8-15(14)17/h3-7,10,19H,8-9,11H2,1-2H3,(H,20,21). The van der Waals surface area contributed by atoms with Gasteiger partial charge in [0.05, 0.1) is 0 Å². The van der Waals surface area contributed by atoms with E-state index in [1.54, 1.807) is 0 Å². The molecule has 0 saturated carbocycles. The topological polar surface area (TPSA) is 41.1 Å². The number of carbonyl (C=O) groups excluding carboxylic acids is 1. The van der Waals surface area contributed by atoms with Crippen molar-refractivity contribution in [2.45, 2.75) is 26.8 Å². The molecule has 0 unspecified atom stereocenters. The largest absolute Gasteiger partial charge is 0.322 e. The van der Waals surface area contributed by atoms with Gasteiger partial charge in [-0.25, -0.2) is 0 Å². The predicted molar refractivity (Wildman–Crippen MR) is 85.7 cm³/mol. The van der Waals surface area contributed by atoms with Crippen LogP contribution in [0.25, 0.3) is 0 Å². The highest BCUT2D eigenvalue weighted by atomic mass is 16.1. The number of aryl methyl sites for hydroxylation is 2. The van der Waals surface area contributed by atoms with E-state index in [2.05, 4.69) is 16.7 Å². The summed E-state index contributed by atoms with van der Waals surface area (Å²) in [4.78, 5) is 12.5. The maximum atomic E-state index is 12.5. The number of fused-ring (bicyclic) bond motifs is 1. The molecule has 0 spiro atoms. The van der Waals surface area contributed by atoms with Crippen molar-refractivity contribution >= 4 is 11.6 Å². The molecule has 3 nitrogen and oxygen atoms in total. The van der Waals surface area contributed by atoms with Gasteiger partial charge in [-0.3, -0.25) is 4.79 Å². The summed E-state index contributed by atoms with van der Waals surface area (Å²) in [6, 6.07) is 12.1. The van der Waals surface area contributed by atoms with Crippen LogP contribution in [0.1, 0.15) is 32.6 Å². The number of anilines is 1. The SMILES string of the molecule is Cc1ccc(C)c(C(=O)Nc2cccc3c2CCNC3)c1. The van der Waals surface area contributed by atoms with Crippen LogP contribution < -0.4 is 10.6 Å². The molecule has 0 saturated heterocycles. The maximum Gasteiger partial charge on any atom is 0.255 e. The van der Waals surface area contributed by atoms with Crippen molar-refractivity contribution in [1.29, 1.82) is 0 Å². The minimum Gasteiger partial charge on any atom is -0.322 e. The Hall–Kier alpha value is -2.13. The monoisotopic (exact) mass is 280 g/mol. The van der Waals surface area contributed by atoms with Gasteiger partial charge in [0.25, 0.3) is 5.91 Å². The lowest BCUT2D eigenvalue weighted by Crippen LogP contribution is -2.25. The molecule has 1 aliphatic rings. The molecule has 0 aliphatic carbocycles. The van der Waals surface area contributed by atoms with Crippen LogP contribution in [0.5, 0.6) is 0 Å². The Morgan fingerprint density at radius 2 is 2.05 bits per heavy atom. The van der Waals surface area contributed by atoms with E-state index in [0.717, 1.165) is 41.9 Å². The van der Waals surface area contributed by atoms with Crippen LogP contribution >= 0.6 is 0 Å². The Balaban J connectivity index is 1.90. The van der Waals surface area contributed by atoms with Gasteiger partial charge >= 0.3 is 0 Å². The van der Waals surface area contributed by atoms with Crippen LogP contribution in [0, 0.1) is 13.8 Å². The third-order valence-corrected chi connectivity index (χ3v) is 4.03. The predicted octanol–water partition coefficient (Wildman–Crippen LogP) is 3.20. The molecular weight excluding hydrogens is 260 g/mol. The van der Waals surface area contributed by atoms with Gasteiger partial charge < -0.3 is 10.6 Å². The number of nitrogens with one attached hydrogen (secondary N) is 2. The molecule has 2 aromatic rings. The minimum atomic E-state index is -0.0249. The van der Waals surface area contributed by atoms with Crippen LogP contribution in [0.2, 0.25) is 0 Å². The van der Waals surface area contributed by atoms with E-state index in [-0.39, 0.29) is 5.91 Å². The van der Waals surface area contributed by atoms with Crippen molar-refractivity contribution in [2.75, 3.05) is 11.9 Å². The fourth-order valence-corrected chi connectivity index (χ4v) is 2.82.